The van der Waals surface area contributed by atoms with E-state index < -0.39 is 9.84 Å². The summed E-state index contributed by atoms with van der Waals surface area (Å²) in [7, 11) is -3.29. The minimum absolute atomic E-state index is 0.0231. The van der Waals surface area contributed by atoms with Gasteiger partial charge in [0.2, 0.25) is 0 Å². The predicted molar refractivity (Wildman–Crippen MR) is 78.6 cm³/mol. The molecule has 2 aromatic carbocycles. The lowest BCUT2D eigenvalue weighted by atomic mass is 10.1. The lowest BCUT2D eigenvalue weighted by Crippen LogP contribution is -2.06. The molecule has 0 aliphatic carbocycles. The molecule has 0 aliphatic heterocycles. The monoisotopic (exact) mass is 272 g/mol. The largest absolute Gasteiger partial charge is 0.223 e. The second-order valence-electron chi connectivity index (χ2n) is 4.47. The van der Waals surface area contributed by atoms with Gasteiger partial charge in [-0.1, -0.05) is 55.1 Å². The van der Waals surface area contributed by atoms with Crippen LogP contribution in [0.2, 0.25) is 0 Å². The van der Waals surface area contributed by atoms with Gasteiger partial charge in [0, 0.05) is 0 Å². The highest BCUT2D eigenvalue weighted by molar-refractivity contribution is 7.90. The van der Waals surface area contributed by atoms with E-state index in [9.17, 15) is 8.42 Å². The molecule has 0 saturated heterocycles. The van der Waals surface area contributed by atoms with Crippen LogP contribution in [0.4, 0.5) is 0 Å². The molecular weight excluding hydrogens is 256 g/mol. The molecule has 2 aromatic rings. The molecule has 3 heteroatoms. The number of benzene rings is 2. The quantitative estimate of drug-likeness (QED) is 0.852. The van der Waals surface area contributed by atoms with Gasteiger partial charge >= 0.3 is 0 Å². The number of hydrogen-bond acceptors (Lipinski definition) is 2. The summed E-state index contributed by atoms with van der Waals surface area (Å²) in [4.78, 5) is 0.405. The first-order valence-electron chi connectivity index (χ1n) is 6.03. The van der Waals surface area contributed by atoms with Gasteiger partial charge in [0.05, 0.1) is 10.6 Å². The van der Waals surface area contributed by atoms with Crippen LogP contribution >= 0.6 is 0 Å². The molecule has 0 atom stereocenters. The van der Waals surface area contributed by atoms with Crippen molar-refractivity contribution in [3.63, 3.8) is 0 Å². The summed E-state index contributed by atoms with van der Waals surface area (Å²) >= 11 is 0. The molecule has 0 spiro atoms. The number of rotatable bonds is 4. The first kappa shape index (κ1) is 13.6. The maximum absolute atomic E-state index is 12.4. The highest BCUT2D eigenvalue weighted by Gasteiger charge is 2.17. The third kappa shape index (κ3) is 3.12. The highest BCUT2D eigenvalue weighted by Crippen LogP contribution is 2.20. The number of aryl methyl sites for hydroxylation is 1. The summed E-state index contributed by atoms with van der Waals surface area (Å²) in [6.07, 6.45) is 1.74. The van der Waals surface area contributed by atoms with Crippen molar-refractivity contribution in [2.24, 2.45) is 0 Å². The van der Waals surface area contributed by atoms with Crippen LogP contribution in [0.25, 0.3) is 6.08 Å². The van der Waals surface area contributed by atoms with Crippen LogP contribution in [0.1, 0.15) is 16.7 Å². The molecule has 0 amide bonds. The SMILES string of the molecule is C=Cc1ccc(CS(=O)(=O)c2ccccc2C)cc1. The van der Waals surface area contributed by atoms with Crippen molar-refractivity contribution >= 4 is 15.9 Å². The van der Waals surface area contributed by atoms with Crippen LogP contribution in [0.15, 0.2) is 60.0 Å². The van der Waals surface area contributed by atoms with Crippen LogP contribution in [-0.4, -0.2) is 8.42 Å². The Hall–Kier alpha value is -1.87. The van der Waals surface area contributed by atoms with E-state index in [0.717, 1.165) is 16.7 Å². The van der Waals surface area contributed by atoms with Crippen LogP contribution in [0, 0.1) is 6.92 Å². The Balaban J connectivity index is 2.31. The summed E-state index contributed by atoms with van der Waals surface area (Å²) in [5.74, 6) is 0.0231. The van der Waals surface area contributed by atoms with Gasteiger partial charge in [-0.3, -0.25) is 0 Å². The van der Waals surface area contributed by atoms with Gasteiger partial charge < -0.3 is 0 Å². The second kappa shape index (κ2) is 5.41. The summed E-state index contributed by atoms with van der Waals surface area (Å²) in [5, 5.41) is 0. The Kier molecular flexibility index (Phi) is 3.86. The Morgan fingerprint density at radius 2 is 1.68 bits per heavy atom. The Labute approximate surface area is 114 Å². The summed E-state index contributed by atoms with van der Waals surface area (Å²) in [6, 6.07) is 14.5. The minimum atomic E-state index is -3.29. The van der Waals surface area contributed by atoms with E-state index in [1.807, 2.05) is 43.3 Å². The Morgan fingerprint density at radius 3 is 2.26 bits per heavy atom. The van der Waals surface area contributed by atoms with E-state index in [-0.39, 0.29) is 5.75 Å². The summed E-state index contributed by atoms with van der Waals surface area (Å²) in [6.45, 7) is 5.49. The number of sulfone groups is 1. The van der Waals surface area contributed by atoms with E-state index in [0.29, 0.717) is 4.90 Å². The van der Waals surface area contributed by atoms with Crippen LogP contribution in [0.5, 0.6) is 0 Å². The summed E-state index contributed by atoms with van der Waals surface area (Å²) < 4.78 is 24.7. The zero-order valence-electron chi connectivity index (χ0n) is 10.8. The first-order chi connectivity index (χ1) is 9.03. The van der Waals surface area contributed by atoms with E-state index in [4.69, 9.17) is 0 Å². The molecule has 0 saturated carbocycles. The van der Waals surface area contributed by atoms with Crippen molar-refractivity contribution in [2.45, 2.75) is 17.6 Å². The molecular formula is C16H16O2S. The van der Waals surface area contributed by atoms with Gasteiger partial charge in [-0.05, 0) is 29.7 Å². The molecule has 19 heavy (non-hydrogen) atoms. The molecule has 98 valence electrons. The van der Waals surface area contributed by atoms with Crippen molar-refractivity contribution < 1.29 is 8.42 Å². The van der Waals surface area contributed by atoms with E-state index in [1.54, 1.807) is 18.2 Å². The smallest absolute Gasteiger partial charge is 0.182 e. The topological polar surface area (TPSA) is 34.1 Å². The fourth-order valence-electron chi connectivity index (χ4n) is 1.95. The third-order valence-electron chi connectivity index (χ3n) is 3.00. The Bertz CT molecular complexity index is 683. The molecule has 0 aromatic heterocycles. The van der Waals surface area contributed by atoms with Gasteiger partial charge in [-0.2, -0.15) is 0 Å². The van der Waals surface area contributed by atoms with Gasteiger partial charge in [-0.25, -0.2) is 8.42 Å². The van der Waals surface area contributed by atoms with Crippen molar-refractivity contribution in [1.29, 1.82) is 0 Å². The van der Waals surface area contributed by atoms with E-state index in [2.05, 4.69) is 6.58 Å². The van der Waals surface area contributed by atoms with Crippen molar-refractivity contribution in [3.05, 3.63) is 71.8 Å². The molecule has 0 N–H and O–H groups in total. The maximum atomic E-state index is 12.4. The van der Waals surface area contributed by atoms with Crippen LogP contribution in [0.3, 0.4) is 0 Å². The fraction of sp³-hybridized carbons (Fsp3) is 0.125. The van der Waals surface area contributed by atoms with Crippen molar-refractivity contribution in [2.75, 3.05) is 0 Å². The van der Waals surface area contributed by atoms with Gasteiger partial charge in [0.1, 0.15) is 0 Å². The highest BCUT2D eigenvalue weighted by atomic mass is 32.2. The van der Waals surface area contributed by atoms with E-state index in [1.165, 1.54) is 0 Å². The van der Waals surface area contributed by atoms with Crippen molar-refractivity contribution in [3.8, 4) is 0 Å². The zero-order valence-corrected chi connectivity index (χ0v) is 11.7. The third-order valence-corrected chi connectivity index (χ3v) is 4.84. The van der Waals surface area contributed by atoms with Gasteiger partial charge in [-0.15, -0.1) is 0 Å². The standard InChI is InChI=1S/C16H16O2S/c1-3-14-8-10-15(11-9-14)12-19(17,18)16-7-5-4-6-13(16)2/h3-11H,1,12H2,2H3. The first-order valence-corrected chi connectivity index (χ1v) is 7.68. The molecule has 0 aliphatic rings. The molecule has 2 nitrogen and oxygen atoms in total. The second-order valence-corrected chi connectivity index (χ2v) is 6.43. The average Bonchev–Trinajstić information content (AvgIpc) is 2.39. The molecule has 2 rings (SSSR count). The average molecular weight is 272 g/mol. The predicted octanol–water partition coefficient (Wildman–Crippen LogP) is 3.61. The molecule has 0 bridgehead atoms. The van der Waals surface area contributed by atoms with Crippen molar-refractivity contribution in [1.82, 2.24) is 0 Å². The fourth-order valence-corrected chi connectivity index (χ4v) is 3.58. The van der Waals surface area contributed by atoms with Crippen LogP contribution in [-0.2, 0) is 15.6 Å². The normalized spacial score (nSPS) is 11.2. The van der Waals surface area contributed by atoms with Gasteiger partial charge in [0.15, 0.2) is 9.84 Å². The van der Waals surface area contributed by atoms with Crippen LogP contribution < -0.4 is 0 Å². The molecule has 0 radical (unpaired) electrons. The minimum Gasteiger partial charge on any atom is -0.223 e. The molecule has 0 fully saturated rings. The Morgan fingerprint density at radius 1 is 1.05 bits per heavy atom. The van der Waals surface area contributed by atoms with E-state index >= 15 is 0 Å². The lowest BCUT2D eigenvalue weighted by Gasteiger charge is -2.07. The maximum Gasteiger partial charge on any atom is 0.182 e. The summed E-state index contributed by atoms with van der Waals surface area (Å²) in [5.41, 5.74) is 2.55. The van der Waals surface area contributed by atoms with Gasteiger partial charge in [0.25, 0.3) is 0 Å². The lowest BCUT2D eigenvalue weighted by molar-refractivity contribution is 0.594. The zero-order chi connectivity index (χ0) is 13.9. The molecule has 0 unspecified atom stereocenters. The number of hydrogen-bond donors (Lipinski definition) is 0. The molecule has 0 heterocycles.